The number of alkyl halides is 3. The number of aromatic nitrogens is 1. The molecule has 1 fully saturated rings. The van der Waals surface area contributed by atoms with Gasteiger partial charge in [0.2, 0.25) is 5.88 Å². The first-order valence-electron chi connectivity index (χ1n) is 7.61. The molecule has 26 heavy (non-hydrogen) atoms. The van der Waals surface area contributed by atoms with E-state index >= 15 is 0 Å². The molecule has 1 aliphatic heterocycles. The van der Waals surface area contributed by atoms with E-state index in [0.717, 1.165) is 6.07 Å². The fraction of sp³-hybridized carbons (Fsp3) is 0.294. The Morgan fingerprint density at radius 2 is 2.04 bits per heavy atom. The Bertz CT molecular complexity index is 823. The summed E-state index contributed by atoms with van der Waals surface area (Å²) in [5.41, 5.74) is -0.659. The summed E-state index contributed by atoms with van der Waals surface area (Å²) in [5, 5.41) is 0.380. The van der Waals surface area contributed by atoms with Crippen molar-refractivity contribution in [1.29, 1.82) is 0 Å². The van der Waals surface area contributed by atoms with Crippen molar-refractivity contribution >= 4 is 17.5 Å². The third-order valence-corrected chi connectivity index (χ3v) is 4.12. The van der Waals surface area contributed by atoms with E-state index < -0.39 is 23.7 Å². The summed E-state index contributed by atoms with van der Waals surface area (Å²) < 4.78 is 49.3. The molecule has 0 aliphatic carbocycles. The van der Waals surface area contributed by atoms with E-state index in [9.17, 15) is 18.0 Å². The molecule has 2 aromatic rings. The Kier molecular flexibility index (Phi) is 4.95. The Balaban J connectivity index is 1.67. The zero-order chi connectivity index (χ0) is 18.9. The Morgan fingerprint density at radius 3 is 2.69 bits per heavy atom. The predicted molar refractivity (Wildman–Crippen MR) is 87.6 cm³/mol. The van der Waals surface area contributed by atoms with Crippen LogP contribution in [0.1, 0.15) is 15.9 Å². The van der Waals surface area contributed by atoms with Crippen LogP contribution in [0.5, 0.6) is 11.6 Å². The minimum atomic E-state index is -4.56. The van der Waals surface area contributed by atoms with Gasteiger partial charge in [-0.25, -0.2) is 4.98 Å². The first kappa shape index (κ1) is 18.3. The highest BCUT2D eigenvalue weighted by atomic mass is 35.5. The molecule has 0 N–H and O–H groups in total. The molecule has 3 rings (SSSR count). The molecule has 0 saturated carbocycles. The number of carbonyl (C=O) groups is 1. The van der Waals surface area contributed by atoms with E-state index in [-0.39, 0.29) is 24.6 Å². The maximum absolute atomic E-state index is 13.0. The van der Waals surface area contributed by atoms with Crippen molar-refractivity contribution in [1.82, 2.24) is 9.88 Å². The molecule has 1 aromatic carbocycles. The predicted octanol–water partition coefficient (Wildman–Crippen LogP) is 3.67. The van der Waals surface area contributed by atoms with Gasteiger partial charge < -0.3 is 14.4 Å². The molecular formula is C17H14ClF3N2O3. The highest BCUT2D eigenvalue weighted by molar-refractivity contribution is 6.31. The van der Waals surface area contributed by atoms with E-state index in [1.165, 1.54) is 30.3 Å². The highest BCUT2D eigenvalue weighted by Crippen LogP contribution is 2.35. The van der Waals surface area contributed by atoms with Crippen LogP contribution in [0.3, 0.4) is 0 Å². The number of carbonyl (C=O) groups excluding carboxylic acids is 1. The summed E-state index contributed by atoms with van der Waals surface area (Å²) in [4.78, 5) is 17.6. The van der Waals surface area contributed by atoms with Gasteiger partial charge in [-0.2, -0.15) is 13.2 Å². The van der Waals surface area contributed by atoms with Gasteiger partial charge in [-0.15, -0.1) is 0 Å². The largest absolute Gasteiger partial charge is 0.496 e. The Hall–Kier alpha value is -2.48. The molecule has 2 heterocycles. The second-order valence-electron chi connectivity index (χ2n) is 5.65. The van der Waals surface area contributed by atoms with Crippen LogP contribution in [0.15, 0.2) is 36.5 Å². The Labute approximate surface area is 152 Å². The Morgan fingerprint density at radius 1 is 1.31 bits per heavy atom. The van der Waals surface area contributed by atoms with Crippen LogP contribution in [0.2, 0.25) is 5.02 Å². The lowest BCUT2D eigenvalue weighted by Crippen LogP contribution is -2.56. The van der Waals surface area contributed by atoms with Gasteiger partial charge in [-0.1, -0.05) is 11.6 Å². The number of hydrogen-bond acceptors (Lipinski definition) is 4. The van der Waals surface area contributed by atoms with Gasteiger partial charge in [0, 0.05) is 11.2 Å². The lowest BCUT2D eigenvalue weighted by Gasteiger charge is -2.39. The number of methoxy groups -OCH3 is 1. The monoisotopic (exact) mass is 386 g/mol. The lowest BCUT2D eigenvalue weighted by molar-refractivity contribution is -0.140. The third kappa shape index (κ3) is 3.70. The van der Waals surface area contributed by atoms with Crippen LogP contribution in [0.4, 0.5) is 13.2 Å². The van der Waals surface area contributed by atoms with E-state index in [1.54, 1.807) is 12.1 Å². The van der Waals surface area contributed by atoms with Crippen molar-refractivity contribution in [2.24, 2.45) is 0 Å². The highest BCUT2D eigenvalue weighted by Gasteiger charge is 2.39. The minimum absolute atomic E-state index is 0.141. The molecule has 9 heteroatoms. The van der Waals surface area contributed by atoms with E-state index in [2.05, 4.69) is 4.98 Å². The number of likely N-dealkylation sites (tertiary alicyclic amines) is 1. The number of nitrogens with zero attached hydrogens (tertiary/aromatic N) is 2. The number of amides is 1. The molecule has 1 aliphatic rings. The number of benzene rings is 1. The van der Waals surface area contributed by atoms with Crippen molar-refractivity contribution in [3.63, 3.8) is 0 Å². The summed E-state index contributed by atoms with van der Waals surface area (Å²) in [6.45, 7) is 0.282. The number of rotatable bonds is 4. The topological polar surface area (TPSA) is 51.7 Å². The average molecular weight is 387 g/mol. The SMILES string of the molecule is COc1ccc(Cl)cc1C(=O)N1CC(Oc2ncccc2C(F)(F)F)C1. The van der Waals surface area contributed by atoms with Gasteiger partial charge in [0.25, 0.3) is 5.91 Å². The molecule has 138 valence electrons. The summed E-state index contributed by atoms with van der Waals surface area (Å²) >= 11 is 5.91. The number of halogens is 4. The molecule has 1 aromatic heterocycles. The zero-order valence-electron chi connectivity index (χ0n) is 13.6. The van der Waals surface area contributed by atoms with E-state index in [1.807, 2.05) is 0 Å². The first-order chi connectivity index (χ1) is 12.3. The maximum atomic E-state index is 13.0. The van der Waals surface area contributed by atoms with Gasteiger partial charge in [0.1, 0.15) is 17.4 Å². The summed E-state index contributed by atoms with van der Waals surface area (Å²) in [7, 11) is 1.43. The van der Waals surface area contributed by atoms with Gasteiger partial charge in [0.15, 0.2) is 0 Å². The van der Waals surface area contributed by atoms with Crippen LogP contribution < -0.4 is 9.47 Å². The first-order valence-corrected chi connectivity index (χ1v) is 7.99. The van der Waals surface area contributed by atoms with Crippen molar-refractivity contribution < 1.29 is 27.4 Å². The smallest absolute Gasteiger partial charge is 0.421 e. The molecule has 0 radical (unpaired) electrons. The second kappa shape index (κ2) is 7.03. The second-order valence-corrected chi connectivity index (χ2v) is 6.08. The van der Waals surface area contributed by atoms with Crippen molar-refractivity contribution in [2.45, 2.75) is 12.3 Å². The summed E-state index contributed by atoms with van der Waals surface area (Å²) in [6.07, 6.45) is -3.90. The molecule has 0 unspecified atom stereocenters. The molecule has 1 saturated heterocycles. The number of ether oxygens (including phenoxy) is 2. The lowest BCUT2D eigenvalue weighted by atomic mass is 10.1. The van der Waals surface area contributed by atoms with Crippen molar-refractivity contribution in [3.8, 4) is 11.6 Å². The molecule has 5 nitrogen and oxygen atoms in total. The fourth-order valence-electron chi connectivity index (χ4n) is 2.55. The number of hydrogen-bond donors (Lipinski definition) is 0. The van der Waals surface area contributed by atoms with E-state index in [4.69, 9.17) is 21.1 Å². The molecule has 0 atom stereocenters. The minimum Gasteiger partial charge on any atom is -0.496 e. The quantitative estimate of drug-likeness (QED) is 0.804. The maximum Gasteiger partial charge on any atom is 0.421 e. The summed E-state index contributed by atoms with van der Waals surface area (Å²) in [6, 6.07) is 6.75. The van der Waals surface area contributed by atoms with Gasteiger partial charge in [0.05, 0.1) is 25.8 Å². The molecule has 0 bridgehead atoms. The normalized spacial score (nSPS) is 14.7. The van der Waals surface area contributed by atoms with Crippen molar-refractivity contribution in [2.75, 3.05) is 20.2 Å². The molecular weight excluding hydrogens is 373 g/mol. The van der Waals surface area contributed by atoms with Crippen LogP contribution in [0, 0.1) is 0 Å². The number of pyridine rings is 1. The molecule has 1 amide bonds. The van der Waals surface area contributed by atoms with Gasteiger partial charge in [-0.3, -0.25) is 4.79 Å². The van der Waals surface area contributed by atoms with Crippen LogP contribution in [-0.2, 0) is 6.18 Å². The van der Waals surface area contributed by atoms with Crippen LogP contribution >= 0.6 is 11.6 Å². The third-order valence-electron chi connectivity index (χ3n) is 3.88. The van der Waals surface area contributed by atoms with Crippen LogP contribution in [0.25, 0.3) is 0 Å². The standard InChI is InChI=1S/C17H14ClF3N2O3/c1-25-14-5-4-10(18)7-12(14)16(24)23-8-11(9-23)26-15-13(17(19,20)21)3-2-6-22-15/h2-7,11H,8-9H2,1H3. The van der Waals surface area contributed by atoms with Gasteiger partial charge >= 0.3 is 6.18 Å². The zero-order valence-corrected chi connectivity index (χ0v) is 14.3. The van der Waals surface area contributed by atoms with Crippen molar-refractivity contribution in [3.05, 3.63) is 52.7 Å². The van der Waals surface area contributed by atoms with Crippen LogP contribution in [-0.4, -0.2) is 42.1 Å². The summed E-state index contributed by atoms with van der Waals surface area (Å²) in [5.74, 6) is -0.452. The average Bonchev–Trinajstić information content (AvgIpc) is 2.56. The van der Waals surface area contributed by atoms with Gasteiger partial charge in [-0.05, 0) is 30.3 Å². The fourth-order valence-corrected chi connectivity index (χ4v) is 2.73. The van der Waals surface area contributed by atoms with E-state index in [0.29, 0.717) is 10.8 Å². The molecule has 0 spiro atoms.